The Morgan fingerprint density at radius 2 is 1.26 bits per heavy atom. The number of unbranched alkanes of at least 4 members (excludes halogenated alkanes) is 4. The van der Waals surface area contributed by atoms with Gasteiger partial charge in [-0.15, -0.1) is 0 Å². The Kier molecular flexibility index (Phi) is 9.73. The van der Waals surface area contributed by atoms with Gasteiger partial charge in [0.2, 0.25) is 0 Å². The molecule has 0 bridgehead atoms. The number of hydrogen-bond acceptors (Lipinski definition) is 3. The number of benzene rings is 2. The molecule has 0 fully saturated rings. The van der Waals surface area contributed by atoms with Gasteiger partial charge in [-0.3, -0.25) is 0 Å². The van der Waals surface area contributed by atoms with Gasteiger partial charge in [-0.25, -0.2) is 4.98 Å². The molecule has 0 aliphatic heterocycles. The first-order chi connectivity index (χ1) is 17.9. The molecule has 0 saturated heterocycles. The van der Waals surface area contributed by atoms with Gasteiger partial charge in [-0.05, 0) is 54.9 Å². The Morgan fingerprint density at radius 1 is 0.763 bits per heavy atom. The van der Waals surface area contributed by atoms with Crippen molar-refractivity contribution in [1.82, 2.24) is 9.97 Å². The number of rotatable bonds is 11. The second-order valence-corrected chi connectivity index (χ2v) is 12.9. The second-order valence-electron chi connectivity index (χ2n) is 12.9. The molecule has 0 amide bonds. The number of aromatic nitrogens is 2. The molecule has 38 heavy (non-hydrogen) atoms. The molecule has 1 aromatic heterocycles. The molecule has 3 rings (SSSR count). The summed E-state index contributed by atoms with van der Waals surface area (Å²) in [6.45, 7) is 21.7. The molecule has 4 nitrogen and oxygen atoms in total. The summed E-state index contributed by atoms with van der Waals surface area (Å²) in [6, 6.07) is 13.1. The molecule has 0 radical (unpaired) electrons. The van der Waals surface area contributed by atoms with Gasteiger partial charge in [0.15, 0.2) is 0 Å². The molecule has 0 aliphatic rings. The molecule has 2 N–H and O–H groups in total. The van der Waals surface area contributed by atoms with Crippen LogP contribution in [-0.2, 0) is 10.8 Å². The number of H-pyrrole nitrogens is 1. The van der Waals surface area contributed by atoms with Crippen LogP contribution in [-0.4, -0.2) is 28.2 Å². The quantitative estimate of drug-likeness (QED) is 0.249. The van der Waals surface area contributed by atoms with E-state index in [2.05, 4.69) is 109 Å². The fourth-order valence-electron chi connectivity index (χ4n) is 5.10. The Bertz CT molecular complexity index is 1130. The Morgan fingerprint density at radius 3 is 1.71 bits per heavy atom. The lowest BCUT2D eigenvalue weighted by Gasteiger charge is -2.28. The van der Waals surface area contributed by atoms with Crippen molar-refractivity contribution in [2.75, 3.05) is 18.0 Å². The summed E-state index contributed by atoms with van der Waals surface area (Å²) >= 11 is 0. The van der Waals surface area contributed by atoms with Crippen LogP contribution in [0.25, 0.3) is 22.6 Å². The van der Waals surface area contributed by atoms with Crippen LogP contribution in [0.3, 0.4) is 0 Å². The highest BCUT2D eigenvalue weighted by Gasteiger charge is 2.27. The zero-order valence-corrected chi connectivity index (χ0v) is 25.5. The van der Waals surface area contributed by atoms with Crippen molar-refractivity contribution in [2.45, 2.75) is 112 Å². The van der Waals surface area contributed by atoms with Crippen LogP contribution in [0.4, 0.5) is 5.69 Å². The van der Waals surface area contributed by atoms with Crippen molar-refractivity contribution in [2.24, 2.45) is 0 Å². The van der Waals surface area contributed by atoms with Crippen LogP contribution < -0.4 is 4.90 Å². The third-order valence-electron chi connectivity index (χ3n) is 7.45. The lowest BCUT2D eigenvalue weighted by atomic mass is 9.78. The number of imidazole rings is 1. The monoisotopic (exact) mass is 517 g/mol. The molecule has 2 aromatic carbocycles. The molecular weight excluding hydrogens is 466 g/mol. The zero-order valence-electron chi connectivity index (χ0n) is 25.5. The largest absolute Gasteiger partial charge is 0.507 e. The minimum Gasteiger partial charge on any atom is -0.507 e. The van der Waals surface area contributed by atoms with E-state index in [4.69, 9.17) is 4.98 Å². The second kappa shape index (κ2) is 12.4. The van der Waals surface area contributed by atoms with E-state index in [1.165, 1.54) is 44.2 Å². The van der Waals surface area contributed by atoms with E-state index < -0.39 is 0 Å². The summed E-state index contributed by atoms with van der Waals surface area (Å²) in [5.41, 5.74) is 7.02. The number of hydrogen-bond donors (Lipinski definition) is 2. The van der Waals surface area contributed by atoms with Gasteiger partial charge < -0.3 is 15.0 Å². The molecule has 4 heteroatoms. The van der Waals surface area contributed by atoms with Crippen LogP contribution in [0.15, 0.2) is 36.4 Å². The number of nitrogens with one attached hydrogen (secondary N) is 1. The van der Waals surface area contributed by atoms with E-state index in [1.54, 1.807) is 0 Å². The Balaban J connectivity index is 1.95. The van der Waals surface area contributed by atoms with Crippen molar-refractivity contribution >= 4 is 5.69 Å². The molecule has 0 unspecified atom stereocenters. The van der Waals surface area contributed by atoms with E-state index in [-0.39, 0.29) is 10.8 Å². The smallest absolute Gasteiger partial charge is 0.138 e. The van der Waals surface area contributed by atoms with Crippen LogP contribution in [0, 0.1) is 6.92 Å². The third-order valence-corrected chi connectivity index (χ3v) is 7.45. The molecule has 0 saturated carbocycles. The number of phenolic OH excluding ortho intramolecular Hbond substituents is 1. The lowest BCUT2D eigenvalue weighted by molar-refractivity contribution is 0.423. The van der Waals surface area contributed by atoms with Crippen molar-refractivity contribution in [1.29, 1.82) is 0 Å². The summed E-state index contributed by atoms with van der Waals surface area (Å²) in [6.07, 6.45) is 7.54. The van der Waals surface area contributed by atoms with Crippen molar-refractivity contribution in [3.63, 3.8) is 0 Å². The molecule has 0 atom stereocenters. The molecule has 208 valence electrons. The van der Waals surface area contributed by atoms with Gasteiger partial charge >= 0.3 is 0 Å². The Labute approximate surface area is 231 Å². The summed E-state index contributed by atoms with van der Waals surface area (Å²) in [5.74, 6) is 1.24. The van der Waals surface area contributed by atoms with E-state index in [1.807, 2.05) is 0 Å². The normalized spacial score (nSPS) is 12.2. The number of aromatic amines is 1. The lowest BCUT2D eigenvalue weighted by Crippen LogP contribution is -2.25. The highest BCUT2D eigenvalue weighted by Crippen LogP contribution is 2.42. The standard InChI is InChI=1S/C34H51N3O/c1-10-12-14-20-37(21-15-13-11-2)27-18-16-25(17-19-27)30-24(3)35-32(36-30)26-22-28(33(4,5)6)31(38)29(23-26)34(7,8)9/h16-19,22-23,38H,10-15,20-21H2,1-9H3,(H,35,36). The number of phenols is 1. The van der Waals surface area contributed by atoms with E-state index >= 15 is 0 Å². The molecule has 1 heterocycles. The Hall–Kier alpha value is -2.75. The van der Waals surface area contributed by atoms with Gasteiger partial charge in [-0.1, -0.05) is 93.2 Å². The molecule has 0 spiro atoms. The predicted octanol–water partition coefficient (Wildman–Crippen LogP) is 9.54. The van der Waals surface area contributed by atoms with E-state index in [9.17, 15) is 5.11 Å². The molecule has 0 aliphatic carbocycles. The number of nitrogens with zero attached hydrogens (tertiary/aromatic N) is 2. The summed E-state index contributed by atoms with van der Waals surface area (Å²) in [4.78, 5) is 11.2. The predicted molar refractivity (Wildman–Crippen MR) is 165 cm³/mol. The minimum absolute atomic E-state index is 0.180. The van der Waals surface area contributed by atoms with E-state index in [0.717, 1.165) is 52.6 Å². The summed E-state index contributed by atoms with van der Waals surface area (Å²) in [5, 5.41) is 11.1. The van der Waals surface area contributed by atoms with Gasteiger partial charge in [0.1, 0.15) is 11.6 Å². The third kappa shape index (κ3) is 7.21. The van der Waals surface area contributed by atoms with E-state index in [0.29, 0.717) is 5.75 Å². The zero-order chi connectivity index (χ0) is 28.1. The number of aromatic hydroxyl groups is 1. The first-order valence-electron chi connectivity index (χ1n) is 14.7. The van der Waals surface area contributed by atoms with Crippen molar-refractivity contribution in [3.8, 4) is 28.4 Å². The number of anilines is 1. The topological polar surface area (TPSA) is 52.1 Å². The first kappa shape index (κ1) is 29.8. The average Bonchev–Trinajstić information content (AvgIpc) is 3.23. The fourth-order valence-corrected chi connectivity index (χ4v) is 5.10. The maximum Gasteiger partial charge on any atom is 0.138 e. The minimum atomic E-state index is -0.180. The fraction of sp³-hybridized carbons (Fsp3) is 0.559. The van der Waals surface area contributed by atoms with Gasteiger partial charge in [0.05, 0.1) is 5.69 Å². The highest BCUT2D eigenvalue weighted by atomic mass is 16.3. The van der Waals surface area contributed by atoms with Crippen LogP contribution in [0.5, 0.6) is 5.75 Å². The van der Waals surface area contributed by atoms with Gasteiger partial charge in [-0.2, -0.15) is 0 Å². The SMILES string of the molecule is CCCCCN(CCCCC)c1ccc(-c2nc(-c3cc(C(C)(C)C)c(O)c(C(C)(C)C)c3)[nH]c2C)cc1. The summed E-state index contributed by atoms with van der Waals surface area (Å²) < 4.78 is 0. The van der Waals surface area contributed by atoms with Crippen LogP contribution in [0.2, 0.25) is 0 Å². The van der Waals surface area contributed by atoms with Gasteiger partial charge in [0.25, 0.3) is 0 Å². The van der Waals surface area contributed by atoms with Crippen molar-refractivity contribution < 1.29 is 5.11 Å². The maximum atomic E-state index is 11.1. The maximum absolute atomic E-state index is 11.1. The van der Waals surface area contributed by atoms with Crippen LogP contribution >= 0.6 is 0 Å². The average molecular weight is 518 g/mol. The van der Waals surface area contributed by atoms with Gasteiger partial charge in [0, 0.05) is 46.7 Å². The first-order valence-corrected chi connectivity index (χ1v) is 14.7. The molecular formula is C34H51N3O. The summed E-state index contributed by atoms with van der Waals surface area (Å²) in [7, 11) is 0. The molecule has 3 aromatic rings. The number of aryl methyl sites for hydroxylation is 1. The highest BCUT2D eigenvalue weighted by molar-refractivity contribution is 5.71. The van der Waals surface area contributed by atoms with Crippen LogP contribution in [0.1, 0.15) is 111 Å². The van der Waals surface area contributed by atoms with Crippen molar-refractivity contribution in [3.05, 3.63) is 53.2 Å².